The molecule has 1 aliphatic rings. The Labute approximate surface area is 241 Å². The number of aryl methyl sites for hydroxylation is 1. The zero-order chi connectivity index (χ0) is 29.6. The third kappa shape index (κ3) is 5.02. The van der Waals surface area contributed by atoms with Crippen LogP contribution in [-0.2, 0) is 42.6 Å². The molecule has 5 aromatic rings. The maximum atomic E-state index is 13.8. The Morgan fingerprint density at radius 3 is 2.57 bits per heavy atom. The SMILES string of the molecule is Cn1c2c(c3cnn(Cc4cn(C(=O)OC(C)(C)C)c5cnccc45)c(=O)c31)CCN(C(=O)OCc1ccccc1)C2. The van der Waals surface area contributed by atoms with E-state index < -0.39 is 11.7 Å². The number of carbonyl (C=O) groups is 2. The lowest BCUT2D eigenvalue weighted by atomic mass is 10.1. The number of pyridine rings is 1. The maximum Gasteiger partial charge on any atom is 0.419 e. The predicted octanol–water partition coefficient (Wildman–Crippen LogP) is 4.61. The van der Waals surface area contributed by atoms with Crippen LogP contribution in [0, 0.1) is 0 Å². The average Bonchev–Trinajstić information content (AvgIpc) is 3.48. The van der Waals surface area contributed by atoms with Gasteiger partial charge in [-0.25, -0.2) is 14.3 Å². The molecule has 5 heterocycles. The van der Waals surface area contributed by atoms with E-state index in [0.29, 0.717) is 30.5 Å². The molecule has 4 aromatic heterocycles. The second-order valence-corrected chi connectivity index (χ2v) is 11.5. The molecular weight excluding hydrogens is 536 g/mol. The van der Waals surface area contributed by atoms with E-state index in [1.165, 1.54) is 9.25 Å². The summed E-state index contributed by atoms with van der Waals surface area (Å²) in [5.74, 6) is 0. The lowest BCUT2D eigenvalue weighted by Gasteiger charge is -2.27. The molecule has 1 amide bonds. The van der Waals surface area contributed by atoms with E-state index in [1.54, 1.807) is 50.5 Å². The van der Waals surface area contributed by atoms with Gasteiger partial charge in [0.05, 0.1) is 31.0 Å². The third-order valence-corrected chi connectivity index (χ3v) is 7.47. The fourth-order valence-electron chi connectivity index (χ4n) is 5.48. The maximum absolute atomic E-state index is 13.8. The van der Waals surface area contributed by atoms with Gasteiger partial charge in [0.15, 0.2) is 0 Å². The van der Waals surface area contributed by atoms with Gasteiger partial charge in [-0.15, -0.1) is 0 Å². The van der Waals surface area contributed by atoms with Crippen LogP contribution in [0.3, 0.4) is 0 Å². The first-order valence-electron chi connectivity index (χ1n) is 13.8. The molecular formula is C31H32N6O5. The molecule has 216 valence electrons. The smallest absolute Gasteiger partial charge is 0.419 e. The largest absolute Gasteiger partial charge is 0.445 e. The van der Waals surface area contributed by atoms with Gasteiger partial charge in [0.25, 0.3) is 5.56 Å². The van der Waals surface area contributed by atoms with E-state index in [1.807, 2.05) is 48.0 Å². The highest BCUT2D eigenvalue weighted by Gasteiger charge is 2.28. The second kappa shape index (κ2) is 10.5. The Kier molecular flexibility index (Phi) is 6.80. The molecule has 0 radical (unpaired) electrons. The van der Waals surface area contributed by atoms with E-state index in [0.717, 1.165) is 33.2 Å². The fourth-order valence-corrected chi connectivity index (χ4v) is 5.48. The van der Waals surface area contributed by atoms with E-state index in [9.17, 15) is 14.4 Å². The van der Waals surface area contributed by atoms with Crippen LogP contribution in [0.2, 0.25) is 0 Å². The summed E-state index contributed by atoms with van der Waals surface area (Å²) in [5, 5.41) is 6.07. The molecule has 6 rings (SSSR count). The van der Waals surface area contributed by atoms with Crippen molar-refractivity contribution in [1.29, 1.82) is 0 Å². The molecule has 0 saturated carbocycles. The van der Waals surface area contributed by atoms with Gasteiger partial charge in [-0.1, -0.05) is 30.3 Å². The van der Waals surface area contributed by atoms with Crippen molar-refractivity contribution in [1.82, 2.24) is 28.8 Å². The minimum atomic E-state index is -0.667. The van der Waals surface area contributed by atoms with Crippen molar-refractivity contribution in [2.45, 2.75) is 52.5 Å². The normalized spacial score (nSPS) is 13.4. The van der Waals surface area contributed by atoms with E-state index in [4.69, 9.17) is 9.47 Å². The highest BCUT2D eigenvalue weighted by molar-refractivity contribution is 5.91. The molecule has 0 spiro atoms. The minimum absolute atomic E-state index is 0.152. The quantitative estimate of drug-likeness (QED) is 0.311. The Bertz CT molecular complexity index is 1880. The van der Waals surface area contributed by atoms with Crippen molar-refractivity contribution in [3.63, 3.8) is 0 Å². The van der Waals surface area contributed by atoms with Gasteiger partial charge in [-0.2, -0.15) is 5.10 Å². The number of hydrogen-bond donors (Lipinski definition) is 0. The summed E-state index contributed by atoms with van der Waals surface area (Å²) in [6, 6.07) is 11.4. The number of nitrogens with zero attached hydrogens (tertiary/aromatic N) is 6. The molecule has 1 aromatic carbocycles. The van der Waals surface area contributed by atoms with E-state index >= 15 is 0 Å². The monoisotopic (exact) mass is 568 g/mol. The lowest BCUT2D eigenvalue weighted by Crippen LogP contribution is -2.36. The Morgan fingerprint density at radius 1 is 1.02 bits per heavy atom. The number of rotatable bonds is 4. The van der Waals surface area contributed by atoms with Crippen molar-refractivity contribution in [2.24, 2.45) is 7.05 Å². The summed E-state index contributed by atoms with van der Waals surface area (Å²) >= 11 is 0. The number of aromatic nitrogens is 5. The van der Waals surface area contributed by atoms with Crippen molar-refractivity contribution in [3.05, 3.63) is 93.9 Å². The van der Waals surface area contributed by atoms with Gasteiger partial charge in [0, 0.05) is 42.5 Å². The highest BCUT2D eigenvalue weighted by Crippen LogP contribution is 2.29. The number of amides is 1. The highest BCUT2D eigenvalue weighted by atomic mass is 16.6. The van der Waals surface area contributed by atoms with Crippen LogP contribution in [0.1, 0.15) is 43.2 Å². The first-order valence-corrected chi connectivity index (χ1v) is 13.8. The second-order valence-electron chi connectivity index (χ2n) is 11.5. The summed E-state index contributed by atoms with van der Waals surface area (Å²) in [4.78, 5) is 45.4. The first-order chi connectivity index (χ1) is 20.1. The van der Waals surface area contributed by atoms with Crippen LogP contribution < -0.4 is 5.56 Å². The molecule has 11 nitrogen and oxygen atoms in total. The van der Waals surface area contributed by atoms with E-state index in [2.05, 4.69) is 10.1 Å². The van der Waals surface area contributed by atoms with E-state index in [-0.39, 0.29) is 24.8 Å². The summed E-state index contributed by atoms with van der Waals surface area (Å²) in [5.41, 5.74) is 3.75. The zero-order valence-corrected chi connectivity index (χ0v) is 24.0. The van der Waals surface area contributed by atoms with Gasteiger partial charge in [0.1, 0.15) is 17.7 Å². The number of ether oxygens (including phenoxy) is 2. The van der Waals surface area contributed by atoms with Crippen LogP contribution in [0.15, 0.2) is 66.0 Å². The number of hydrogen-bond acceptors (Lipinski definition) is 7. The first kappa shape index (κ1) is 27.3. The van der Waals surface area contributed by atoms with Crippen LogP contribution in [-0.4, -0.2) is 53.1 Å². The predicted molar refractivity (Wildman–Crippen MR) is 156 cm³/mol. The number of carbonyl (C=O) groups excluding carboxylic acids is 2. The van der Waals surface area contributed by atoms with Gasteiger partial charge in [-0.05, 0) is 49.9 Å². The van der Waals surface area contributed by atoms with Crippen LogP contribution >= 0.6 is 0 Å². The summed E-state index contributed by atoms with van der Waals surface area (Å²) < 4.78 is 15.8. The van der Waals surface area contributed by atoms with Crippen LogP contribution in [0.25, 0.3) is 21.8 Å². The fraction of sp³-hybridized carbons (Fsp3) is 0.323. The molecule has 0 aliphatic carbocycles. The Hall–Kier alpha value is -4.93. The standard InChI is InChI=1S/C31H32N6O5/c1-31(2,3)42-30(40)36-16-21(22-10-12-32-15-25(22)36)17-37-28(38)27-24(14-33-37)23-11-13-35(18-26(23)34(27)4)29(39)41-19-20-8-6-5-7-9-20/h5-10,12,14-16H,11,13,17-19H2,1-4H3. The van der Waals surface area contributed by atoms with Gasteiger partial charge in [-0.3, -0.25) is 14.3 Å². The van der Waals surface area contributed by atoms with Crippen molar-refractivity contribution < 1.29 is 19.1 Å². The molecule has 0 N–H and O–H groups in total. The lowest BCUT2D eigenvalue weighted by molar-refractivity contribution is 0.0544. The summed E-state index contributed by atoms with van der Waals surface area (Å²) in [6.45, 7) is 6.60. The molecule has 11 heteroatoms. The van der Waals surface area contributed by atoms with Crippen LogP contribution in [0.5, 0.6) is 0 Å². The Morgan fingerprint density at radius 2 is 1.81 bits per heavy atom. The third-order valence-electron chi connectivity index (χ3n) is 7.47. The molecule has 0 fully saturated rings. The van der Waals surface area contributed by atoms with Crippen LogP contribution in [0.4, 0.5) is 9.59 Å². The number of benzene rings is 1. The van der Waals surface area contributed by atoms with Crippen molar-refractivity contribution in [3.8, 4) is 0 Å². The molecule has 0 atom stereocenters. The topological polar surface area (TPSA) is 113 Å². The van der Waals surface area contributed by atoms with Gasteiger partial charge in [0.2, 0.25) is 0 Å². The van der Waals surface area contributed by atoms with Crippen molar-refractivity contribution in [2.75, 3.05) is 6.54 Å². The summed E-state index contributed by atoms with van der Waals surface area (Å²) in [7, 11) is 1.84. The molecule has 1 aliphatic heterocycles. The van der Waals surface area contributed by atoms with Gasteiger partial charge < -0.3 is 18.9 Å². The molecule has 0 saturated heterocycles. The molecule has 0 unspecified atom stereocenters. The molecule has 42 heavy (non-hydrogen) atoms. The summed E-state index contributed by atoms with van der Waals surface area (Å²) in [6.07, 6.45) is 6.32. The van der Waals surface area contributed by atoms with Gasteiger partial charge >= 0.3 is 12.2 Å². The number of fused-ring (bicyclic) bond motifs is 4. The Balaban J connectivity index is 1.28. The minimum Gasteiger partial charge on any atom is -0.445 e. The molecule has 0 bridgehead atoms. The van der Waals surface area contributed by atoms with Crippen molar-refractivity contribution >= 4 is 34.0 Å². The average molecular weight is 569 g/mol. The zero-order valence-electron chi connectivity index (χ0n) is 24.0.